The highest BCUT2D eigenvalue weighted by Crippen LogP contribution is 2.30. The Labute approximate surface area is 218 Å². The second-order valence-electron chi connectivity index (χ2n) is 10.3. The summed E-state index contributed by atoms with van der Waals surface area (Å²) in [4.78, 5) is 9.39. The summed E-state index contributed by atoms with van der Waals surface area (Å²) in [5.74, 6) is 0.905. The van der Waals surface area contributed by atoms with Crippen molar-refractivity contribution in [1.29, 1.82) is 0 Å². The van der Waals surface area contributed by atoms with Crippen LogP contribution < -0.4 is 0 Å². The highest BCUT2D eigenvalue weighted by atomic mass is 15.6. The predicted octanol–water partition coefficient (Wildman–Crippen LogP) is 3.40. The smallest absolute Gasteiger partial charge is 0.173 e. The van der Waals surface area contributed by atoms with E-state index in [1.54, 1.807) is 12.7 Å². The Bertz CT molecular complexity index is 1230. The monoisotopic (exact) mass is 497 g/mol. The van der Waals surface area contributed by atoms with Crippen molar-refractivity contribution >= 4 is 0 Å². The third kappa shape index (κ3) is 5.62. The van der Waals surface area contributed by atoms with Crippen molar-refractivity contribution in [2.45, 2.75) is 57.3 Å². The molecule has 1 aliphatic heterocycles. The third-order valence-electron chi connectivity index (χ3n) is 7.86. The summed E-state index contributed by atoms with van der Waals surface area (Å²) >= 11 is 0. The summed E-state index contributed by atoms with van der Waals surface area (Å²) in [5, 5.41) is 17.4. The van der Waals surface area contributed by atoms with Crippen molar-refractivity contribution in [2.75, 3.05) is 26.2 Å². The minimum absolute atomic E-state index is 0.00246. The minimum atomic E-state index is 0.00246. The molecule has 2 fully saturated rings. The summed E-state index contributed by atoms with van der Waals surface area (Å²) < 4.78 is 3.82. The summed E-state index contributed by atoms with van der Waals surface area (Å²) in [6.45, 7) is 5.70. The predicted molar refractivity (Wildman–Crippen MR) is 141 cm³/mol. The molecule has 0 bridgehead atoms. The van der Waals surface area contributed by atoms with Crippen LogP contribution in [0.5, 0.6) is 0 Å². The Kier molecular flexibility index (Phi) is 7.32. The van der Waals surface area contributed by atoms with Crippen LogP contribution in [0.2, 0.25) is 0 Å². The first-order chi connectivity index (χ1) is 18.3. The van der Waals surface area contributed by atoms with Crippen LogP contribution in [-0.4, -0.2) is 77.0 Å². The fourth-order valence-corrected chi connectivity index (χ4v) is 5.96. The molecule has 0 radical (unpaired) electrons. The van der Waals surface area contributed by atoms with E-state index in [2.05, 4.69) is 83.9 Å². The lowest BCUT2D eigenvalue weighted by molar-refractivity contribution is 0.185. The maximum absolute atomic E-state index is 4.60. The molecule has 1 atom stereocenters. The molecule has 0 N–H and O–H groups in total. The molecule has 1 saturated heterocycles. The van der Waals surface area contributed by atoms with Gasteiger partial charge in [0.1, 0.15) is 12.7 Å². The van der Waals surface area contributed by atoms with E-state index >= 15 is 0 Å². The fraction of sp³-hybridized carbons (Fsp3) is 0.464. The standard InChI is InChI=1S/C28H35N9/c1-2-7-23(8-3-1)20-37-28(31-32-33-37)27(25-13-11-24(12-14-25)19-36-22-29-21-30-36)35-16-6-15-34(17-18-35)26-9-4-5-10-26/h1-3,7-8,11-14,21-22,26-27H,4-6,9-10,15-20H2. The van der Waals surface area contributed by atoms with E-state index in [4.69, 9.17) is 0 Å². The highest BCUT2D eigenvalue weighted by Gasteiger charge is 2.31. The van der Waals surface area contributed by atoms with E-state index < -0.39 is 0 Å². The molecule has 0 spiro atoms. The second-order valence-corrected chi connectivity index (χ2v) is 10.3. The van der Waals surface area contributed by atoms with Crippen molar-refractivity contribution < 1.29 is 0 Å². The normalized spacial score (nSPS) is 18.7. The van der Waals surface area contributed by atoms with Crippen LogP contribution in [0.4, 0.5) is 0 Å². The second kappa shape index (κ2) is 11.3. The Morgan fingerprint density at radius 1 is 0.811 bits per heavy atom. The molecular formula is C28H35N9. The Morgan fingerprint density at radius 2 is 1.62 bits per heavy atom. The van der Waals surface area contributed by atoms with Crippen molar-refractivity contribution in [3.63, 3.8) is 0 Å². The molecule has 2 aliphatic rings. The van der Waals surface area contributed by atoms with Crippen molar-refractivity contribution in [3.8, 4) is 0 Å². The summed E-state index contributed by atoms with van der Waals surface area (Å²) in [7, 11) is 0. The Balaban J connectivity index is 1.28. The van der Waals surface area contributed by atoms with Gasteiger partial charge in [-0.1, -0.05) is 67.4 Å². The van der Waals surface area contributed by atoms with Gasteiger partial charge in [-0.15, -0.1) is 5.10 Å². The lowest BCUT2D eigenvalue weighted by Crippen LogP contribution is -2.38. The molecule has 1 aliphatic carbocycles. The van der Waals surface area contributed by atoms with Crippen LogP contribution in [0.15, 0.2) is 67.3 Å². The maximum atomic E-state index is 4.60. The van der Waals surface area contributed by atoms with Crippen LogP contribution in [0.1, 0.15) is 60.7 Å². The first-order valence-corrected chi connectivity index (χ1v) is 13.5. The van der Waals surface area contributed by atoms with Gasteiger partial charge in [0, 0.05) is 25.7 Å². The van der Waals surface area contributed by atoms with Crippen LogP contribution >= 0.6 is 0 Å². The zero-order valence-electron chi connectivity index (χ0n) is 21.3. The average molecular weight is 498 g/mol. The lowest BCUT2D eigenvalue weighted by Gasteiger charge is -2.31. The molecule has 192 valence electrons. The van der Waals surface area contributed by atoms with E-state index in [1.165, 1.54) is 48.9 Å². The molecule has 4 aromatic rings. The molecular weight excluding hydrogens is 462 g/mol. The van der Waals surface area contributed by atoms with Crippen molar-refractivity contribution in [1.82, 2.24) is 44.8 Å². The molecule has 2 aromatic heterocycles. The van der Waals surface area contributed by atoms with Crippen molar-refractivity contribution in [3.05, 3.63) is 89.8 Å². The van der Waals surface area contributed by atoms with Gasteiger partial charge in [-0.05, 0) is 52.9 Å². The number of benzene rings is 2. The van der Waals surface area contributed by atoms with Gasteiger partial charge in [-0.3, -0.25) is 9.80 Å². The number of aromatic nitrogens is 7. The number of hydrogen-bond donors (Lipinski definition) is 0. The Morgan fingerprint density at radius 3 is 2.41 bits per heavy atom. The quantitative estimate of drug-likeness (QED) is 0.369. The molecule has 3 heterocycles. The molecule has 6 rings (SSSR count). The van der Waals surface area contributed by atoms with Gasteiger partial charge < -0.3 is 0 Å². The van der Waals surface area contributed by atoms with Gasteiger partial charge in [0.25, 0.3) is 0 Å². The minimum Gasteiger partial charge on any atom is -0.299 e. The molecule has 2 aromatic carbocycles. The zero-order chi connectivity index (χ0) is 24.9. The van der Waals surface area contributed by atoms with Crippen molar-refractivity contribution in [2.24, 2.45) is 0 Å². The molecule has 9 nitrogen and oxygen atoms in total. The van der Waals surface area contributed by atoms with Crippen LogP contribution in [0.3, 0.4) is 0 Å². The SMILES string of the molecule is c1ccc(Cn2nnnc2C(c2ccc(Cn3cncn3)cc2)N2CCCN(C3CCCC3)CC2)cc1. The van der Waals surface area contributed by atoms with Gasteiger partial charge in [0.2, 0.25) is 0 Å². The van der Waals surface area contributed by atoms with Gasteiger partial charge in [0.05, 0.1) is 19.1 Å². The number of nitrogens with zero attached hydrogens (tertiary/aromatic N) is 9. The topological polar surface area (TPSA) is 80.8 Å². The fourth-order valence-electron chi connectivity index (χ4n) is 5.96. The average Bonchev–Trinajstić information content (AvgIpc) is 3.70. The highest BCUT2D eigenvalue weighted by molar-refractivity contribution is 5.29. The van der Waals surface area contributed by atoms with Gasteiger partial charge in [-0.2, -0.15) is 5.10 Å². The van der Waals surface area contributed by atoms with E-state index in [9.17, 15) is 0 Å². The maximum Gasteiger partial charge on any atom is 0.173 e. The third-order valence-corrected chi connectivity index (χ3v) is 7.86. The summed E-state index contributed by atoms with van der Waals surface area (Å²) in [5.41, 5.74) is 3.61. The first kappa shape index (κ1) is 23.9. The zero-order valence-corrected chi connectivity index (χ0v) is 21.3. The van der Waals surface area contributed by atoms with Crippen LogP contribution in [0, 0.1) is 0 Å². The lowest BCUT2D eigenvalue weighted by atomic mass is 10.0. The molecule has 0 amide bonds. The molecule has 37 heavy (non-hydrogen) atoms. The van der Waals surface area contributed by atoms with E-state index in [-0.39, 0.29) is 6.04 Å². The molecule has 1 unspecified atom stereocenters. The van der Waals surface area contributed by atoms with E-state index in [0.29, 0.717) is 13.1 Å². The largest absolute Gasteiger partial charge is 0.299 e. The van der Waals surface area contributed by atoms with Crippen LogP contribution in [0.25, 0.3) is 0 Å². The summed E-state index contributed by atoms with van der Waals surface area (Å²) in [6, 6.07) is 20.1. The van der Waals surface area contributed by atoms with Gasteiger partial charge in [-0.25, -0.2) is 14.3 Å². The van der Waals surface area contributed by atoms with Crippen LogP contribution in [-0.2, 0) is 13.1 Å². The van der Waals surface area contributed by atoms with E-state index in [1.807, 2.05) is 15.4 Å². The number of hydrogen-bond acceptors (Lipinski definition) is 7. The summed E-state index contributed by atoms with van der Waals surface area (Å²) in [6.07, 6.45) is 9.95. The van der Waals surface area contributed by atoms with E-state index in [0.717, 1.165) is 37.9 Å². The number of rotatable bonds is 8. The Hall–Kier alpha value is -3.43. The molecule has 9 heteroatoms. The number of tetrazole rings is 1. The molecule has 1 saturated carbocycles. The first-order valence-electron chi connectivity index (χ1n) is 13.5. The van der Waals surface area contributed by atoms with Gasteiger partial charge in [0.15, 0.2) is 5.82 Å². The van der Waals surface area contributed by atoms with Gasteiger partial charge >= 0.3 is 0 Å².